The molecule has 1 atom stereocenters. The summed E-state index contributed by atoms with van der Waals surface area (Å²) in [5.74, 6) is 0.608. The van der Waals surface area contributed by atoms with Crippen LogP contribution < -0.4 is 10.2 Å². The summed E-state index contributed by atoms with van der Waals surface area (Å²) in [5, 5.41) is 7.51. The third-order valence-corrected chi connectivity index (χ3v) is 5.84. The van der Waals surface area contributed by atoms with Crippen molar-refractivity contribution in [1.29, 1.82) is 0 Å². The van der Waals surface area contributed by atoms with E-state index in [1.54, 1.807) is 0 Å². The van der Waals surface area contributed by atoms with Crippen LogP contribution in [0.5, 0.6) is 0 Å². The number of hydrogen-bond donors (Lipinski definition) is 1. The molecule has 0 radical (unpaired) electrons. The second-order valence-corrected chi connectivity index (χ2v) is 8.43. The topological polar surface area (TPSA) is 50.2 Å². The van der Waals surface area contributed by atoms with Crippen molar-refractivity contribution in [2.75, 3.05) is 24.5 Å². The molecule has 1 saturated heterocycles. The van der Waals surface area contributed by atoms with Gasteiger partial charge in [0.05, 0.1) is 11.9 Å². The van der Waals surface area contributed by atoms with Crippen molar-refractivity contribution in [3.05, 3.63) is 77.0 Å². The van der Waals surface area contributed by atoms with Gasteiger partial charge in [-0.05, 0) is 54.7 Å². The fourth-order valence-corrected chi connectivity index (χ4v) is 4.11. The molecule has 2 aromatic carbocycles. The number of anilines is 1. The normalized spacial score (nSPS) is 16.2. The molecule has 1 aliphatic rings. The van der Waals surface area contributed by atoms with E-state index in [1.807, 2.05) is 53.5 Å². The average Bonchev–Trinajstić information content (AvgIpc) is 3.41. The molecule has 0 saturated carbocycles. The first-order chi connectivity index (χ1) is 14.2. The van der Waals surface area contributed by atoms with Gasteiger partial charge in [0.25, 0.3) is 0 Å². The summed E-state index contributed by atoms with van der Waals surface area (Å²) in [7, 11) is 0. The van der Waals surface area contributed by atoms with Crippen LogP contribution in [-0.4, -0.2) is 35.3 Å². The molecule has 150 valence electrons. The Labute approximate surface area is 179 Å². The van der Waals surface area contributed by atoms with Crippen LogP contribution in [0.2, 0.25) is 0 Å². The number of amides is 1. The molecule has 3 aromatic rings. The summed E-state index contributed by atoms with van der Waals surface area (Å²) in [6, 6.07) is 18.4. The molecule has 29 heavy (non-hydrogen) atoms. The molecule has 1 aromatic heterocycles. The molecule has 5 nitrogen and oxygen atoms in total. The van der Waals surface area contributed by atoms with Crippen LogP contribution in [0, 0.1) is 5.92 Å². The average molecular weight is 453 g/mol. The molecule has 0 aliphatic carbocycles. The minimum absolute atomic E-state index is 0.110. The molecule has 1 N–H and O–H groups in total. The lowest BCUT2D eigenvalue weighted by Gasteiger charge is -2.19. The Morgan fingerprint density at radius 1 is 1.14 bits per heavy atom. The lowest BCUT2D eigenvalue weighted by Crippen LogP contribution is -2.31. The number of para-hydroxylation sites is 1. The highest BCUT2D eigenvalue weighted by Crippen LogP contribution is 2.26. The number of carbonyl (C=O) groups is 1. The van der Waals surface area contributed by atoms with Gasteiger partial charge in [-0.1, -0.05) is 40.2 Å². The standard InChI is InChI=1S/C23H25BrN4O/c24-20-5-4-8-22(13-20)27-12-11-19(16-27)14-25-23(29)10-9-18-15-26-28(17-18)21-6-2-1-3-7-21/h1-8,13,15,17,19H,9-12,14,16H2,(H,25,29). The Balaban J connectivity index is 1.20. The molecule has 2 heterocycles. The highest BCUT2D eigenvalue weighted by Gasteiger charge is 2.23. The van der Waals surface area contributed by atoms with Crippen molar-refractivity contribution < 1.29 is 4.79 Å². The maximum absolute atomic E-state index is 12.3. The molecule has 0 bridgehead atoms. The summed E-state index contributed by atoms with van der Waals surface area (Å²) >= 11 is 3.54. The largest absolute Gasteiger partial charge is 0.371 e. The first-order valence-corrected chi connectivity index (χ1v) is 10.8. The summed E-state index contributed by atoms with van der Waals surface area (Å²) < 4.78 is 2.95. The van der Waals surface area contributed by atoms with Gasteiger partial charge in [-0.2, -0.15) is 5.10 Å². The van der Waals surface area contributed by atoms with Crippen molar-refractivity contribution in [3.8, 4) is 5.69 Å². The van der Waals surface area contributed by atoms with E-state index in [9.17, 15) is 4.79 Å². The Bertz CT molecular complexity index is 956. The molecule has 4 rings (SSSR count). The van der Waals surface area contributed by atoms with Crippen LogP contribution >= 0.6 is 15.9 Å². The van der Waals surface area contributed by atoms with Crippen LogP contribution in [0.1, 0.15) is 18.4 Å². The van der Waals surface area contributed by atoms with Crippen molar-refractivity contribution in [2.24, 2.45) is 5.92 Å². The van der Waals surface area contributed by atoms with E-state index >= 15 is 0 Å². The summed E-state index contributed by atoms with van der Waals surface area (Å²) in [5.41, 5.74) is 3.34. The van der Waals surface area contributed by atoms with E-state index < -0.39 is 0 Å². The fraction of sp³-hybridized carbons (Fsp3) is 0.304. The second kappa shape index (κ2) is 9.27. The number of hydrogen-bond acceptors (Lipinski definition) is 3. The second-order valence-electron chi connectivity index (χ2n) is 7.51. The quantitative estimate of drug-likeness (QED) is 0.583. The highest BCUT2D eigenvalue weighted by molar-refractivity contribution is 9.10. The van der Waals surface area contributed by atoms with Gasteiger partial charge < -0.3 is 10.2 Å². The Morgan fingerprint density at radius 3 is 2.79 bits per heavy atom. The number of nitrogens with zero attached hydrogens (tertiary/aromatic N) is 3. The number of aryl methyl sites for hydroxylation is 1. The Kier molecular flexibility index (Phi) is 6.30. The molecule has 6 heteroatoms. The van der Waals surface area contributed by atoms with Crippen molar-refractivity contribution in [2.45, 2.75) is 19.3 Å². The molecule has 1 amide bonds. The van der Waals surface area contributed by atoms with Gasteiger partial charge in [-0.3, -0.25) is 4.79 Å². The molecule has 1 fully saturated rings. The number of nitrogens with one attached hydrogen (secondary N) is 1. The maximum Gasteiger partial charge on any atom is 0.220 e. The van der Waals surface area contributed by atoms with Gasteiger partial charge in [-0.25, -0.2) is 4.68 Å². The lowest BCUT2D eigenvalue weighted by molar-refractivity contribution is -0.121. The predicted octanol–water partition coefficient (Wildman–Crippen LogP) is 4.21. The number of aromatic nitrogens is 2. The Morgan fingerprint density at radius 2 is 1.97 bits per heavy atom. The van der Waals surface area contributed by atoms with Crippen LogP contribution in [0.3, 0.4) is 0 Å². The van der Waals surface area contributed by atoms with Crippen LogP contribution in [-0.2, 0) is 11.2 Å². The van der Waals surface area contributed by atoms with E-state index in [0.29, 0.717) is 18.8 Å². The monoisotopic (exact) mass is 452 g/mol. The maximum atomic E-state index is 12.3. The van der Waals surface area contributed by atoms with Gasteiger partial charge in [-0.15, -0.1) is 0 Å². The molecule has 1 unspecified atom stereocenters. The van der Waals surface area contributed by atoms with Crippen molar-refractivity contribution >= 4 is 27.5 Å². The predicted molar refractivity (Wildman–Crippen MR) is 119 cm³/mol. The number of rotatable bonds is 7. The van der Waals surface area contributed by atoms with E-state index in [2.05, 4.69) is 49.4 Å². The third-order valence-electron chi connectivity index (χ3n) is 5.34. The highest BCUT2D eigenvalue weighted by atomic mass is 79.9. The van der Waals surface area contributed by atoms with Crippen LogP contribution in [0.4, 0.5) is 5.69 Å². The van der Waals surface area contributed by atoms with E-state index in [-0.39, 0.29) is 5.91 Å². The van der Waals surface area contributed by atoms with Gasteiger partial charge in [0.15, 0.2) is 0 Å². The zero-order chi connectivity index (χ0) is 20.1. The van der Waals surface area contributed by atoms with Gasteiger partial charge >= 0.3 is 0 Å². The van der Waals surface area contributed by atoms with Gasteiger partial charge in [0.1, 0.15) is 0 Å². The van der Waals surface area contributed by atoms with Crippen LogP contribution in [0.15, 0.2) is 71.5 Å². The van der Waals surface area contributed by atoms with Gasteiger partial charge in [0, 0.05) is 42.4 Å². The number of halogens is 1. The summed E-state index contributed by atoms with van der Waals surface area (Å²) in [6.07, 6.45) is 6.13. The van der Waals surface area contributed by atoms with E-state index in [1.165, 1.54) is 5.69 Å². The van der Waals surface area contributed by atoms with Crippen molar-refractivity contribution in [3.63, 3.8) is 0 Å². The SMILES string of the molecule is O=C(CCc1cnn(-c2ccccc2)c1)NCC1CCN(c2cccc(Br)c2)C1. The smallest absolute Gasteiger partial charge is 0.220 e. The minimum Gasteiger partial charge on any atom is -0.371 e. The fourth-order valence-electron chi connectivity index (χ4n) is 3.72. The molecule has 1 aliphatic heterocycles. The summed E-state index contributed by atoms with van der Waals surface area (Å²) in [6.45, 7) is 2.77. The van der Waals surface area contributed by atoms with E-state index in [0.717, 1.165) is 41.8 Å². The lowest BCUT2D eigenvalue weighted by atomic mass is 10.1. The zero-order valence-corrected chi connectivity index (χ0v) is 17.9. The van der Waals surface area contributed by atoms with Crippen molar-refractivity contribution in [1.82, 2.24) is 15.1 Å². The zero-order valence-electron chi connectivity index (χ0n) is 16.3. The van der Waals surface area contributed by atoms with E-state index in [4.69, 9.17) is 0 Å². The molecular weight excluding hydrogens is 428 g/mol. The number of benzene rings is 2. The first kappa shape index (κ1) is 19.7. The minimum atomic E-state index is 0.110. The molecule has 0 spiro atoms. The number of carbonyl (C=O) groups excluding carboxylic acids is 1. The Hall–Kier alpha value is -2.60. The van der Waals surface area contributed by atoms with Crippen LogP contribution in [0.25, 0.3) is 5.69 Å². The van der Waals surface area contributed by atoms with Gasteiger partial charge in [0.2, 0.25) is 5.91 Å². The summed E-state index contributed by atoms with van der Waals surface area (Å²) in [4.78, 5) is 14.7. The molecular formula is C23H25BrN4O. The third kappa shape index (κ3) is 5.26. The first-order valence-electron chi connectivity index (χ1n) is 10.0.